The van der Waals surface area contributed by atoms with Gasteiger partial charge in [0.2, 0.25) is 5.91 Å². The summed E-state index contributed by atoms with van der Waals surface area (Å²) in [4.78, 5) is 17.1. The number of nitrogens with one attached hydrogen (secondary N) is 1. The molecule has 20 heavy (non-hydrogen) atoms. The van der Waals surface area contributed by atoms with E-state index in [1.165, 1.54) is 0 Å². The van der Waals surface area contributed by atoms with Crippen LogP contribution in [0.3, 0.4) is 0 Å². The van der Waals surface area contributed by atoms with Crippen LogP contribution in [0.2, 0.25) is 0 Å². The third-order valence-corrected chi connectivity index (χ3v) is 4.57. The fourth-order valence-corrected chi connectivity index (χ4v) is 3.06. The molecule has 118 valence electrons. The van der Waals surface area contributed by atoms with Crippen LogP contribution in [0.1, 0.15) is 47.0 Å². The summed E-state index contributed by atoms with van der Waals surface area (Å²) in [5.41, 5.74) is 0. The van der Waals surface area contributed by atoms with E-state index in [1.54, 1.807) is 0 Å². The van der Waals surface area contributed by atoms with Gasteiger partial charge < -0.3 is 15.1 Å². The van der Waals surface area contributed by atoms with Gasteiger partial charge in [-0.05, 0) is 59.3 Å². The molecule has 0 aromatic rings. The third-order valence-electron chi connectivity index (χ3n) is 4.57. The molecule has 1 saturated heterocycles. The van der Waals surface area contributed by atoms with Crippen molar-refractivity contribution in [1.29, 1.82) is 0 Å². The van der Waals surface area contributed by atoms with Crippen LogP contribution in [0.5, 0.6) is 0 Å². The highest BCUT2D eigenvalue weighted by Gasteiger charge is 2.30. The maximum Gasteiger partial charge on any atom is 0.227 e. The lowest BCUT2D eigenvalue weighted by Gasteiger charge is -2.33. The predicted molar refractivity (Wildman–Crippen MR) is 84.8 cm³/mol. The quantitative estimate of drug-likeness (QED) is 0.739. The van der Waals surface area contributed by atoms with Gasteiger partial charge in [0.05, 0.1) is 5.92 Å². The Bertz CT molecular complexity index is 279. The first-order valence-corrected chi connectivity index (χ1v) is 8.38. The standard InChI is InChI=1S/C16H33N3O/c1-5-18(6-2)12-9-13-19(7-3)16(20)15-10-8-11-17-14(15)4/h14-15,17H,5-13H2,1-4H3. The van der Waals surface area contributed by atoms with E-state index in [4.69, 9.17) is 0 Å². The second-order valence-corrected chi connectivity index (χ2v) is 5.79. The molecule has 2 atom stereocenters. The van der Waals surface area contributed by atoms with Crippen LogP contribution in [-0.2, 0) is 4.79 Å². The Morgan fingerprint density at radius 1 is 1.15 bits per heavy atom. The number of hydrogen-bond donors (Lipinski definition) is 1. The van der Waals surface area contributed by atoms with E-state index in [0.717, 1.165) is 58.5 Å². The molecule has 0 spiro atoms. The van der Waals surface area contributed by atoms with Crippen molar-refractivity contribution < 1.29 is 4.79 Å². The summed E-state index contributed by atoms with van der Waals surface area (Å²) in [5.74, 6) is 0.531. The van der Waals surface area contributed by atoms with Crippen LogP contribution in [0.25, 0.3) is 0 Å². The summed E-state index contributed by atoms with van der Waals surface area (Å²) in [5, 5.41) is 3.43. The lowest BCUT2D eigenvalue weighted by atomic mass is 9.90. The number of carbonyl (C=O) groups is 1. The van der Waals surface area contributed by atoms with Gasteiger partial charge in [-0.25, -0.2) is 0 Å². The van der Waals surface area contributed by atoms with E-state index in [0.29, 0.717) is 11.9 Å². The lowest BCUT2D eigenvalue weighted by molar-refractivity contribution is -0.137. The monoisotopic (exact) mass is 283 g/mol. The minimum atomic E-state index is 0.178. The van der Waals surface area contributed by atoms with E-state index in [1.807, 2.05) is 0 Å². The van der Waals surface area contributed by atoms with Gasteiger partial charge >= 0.3 is 0 Å². The lowest BCUT2D eigenvalue weighted by Crippen LogP contribution is -2.48. The Kier molecular flexibility index (Phi) is 8.15. The van der Waals surface area contributed by atoms with Crippen molar-refractivity contribution in [2.75, 3.05) is 39.3 Å². The SMILES string of the molecule is CCN(CC)CCCN(CC)C(=O)C1CCCNC1C. The Morgan fingerprint density at radius 2 is 1.85 bits per heavy atom. The van der Waals surface area contributed by atoms with Crippen molar-refractivity contribution in [2.24, 2.45) is 5.92 Å². The zero-order valence-electron chi connectivity index (χ0n) is 13.8. The van der Waals surface area contributed by atoms with Crippen LogP contribution < -0.4 is 5.32 Å². The first-order chi connectivity index (χ1) is 9.63. The summed E-state index contributed by atoms with van der Waals surface area (Å²) in [6.45, 7) is 14.7. The number of nitrogens with zero attached hydrogens (tertiary/aromatic N) is 2. The van der Waals surface area contributed by atoms with Crippen molar-refractivity contribution in [3.05, 3.63) is 0 Å². The molecule has 0 aromatic carbocycles. The summed E-state index contributed by atoms with van der Waals surface area (Å²) in [7, 11) is 0. The molecule has 1 heterocycles. The molecular weight excluding hydrogens is 250 g/mol. The van der Waals surface area contributed by atoms with Gasteiger partial charge in [0, 0.05) is 19.1 Å². The Morgan fingerprint density at radius 3 is 2.40 bits per heavy atom. The molecule has 2 unspecified atom stereocenters. The maximum absolute atomic E-state index is 12.6. The van der Waals surface area contributed by atoms with Crippen molar-refractivity contribution in [3.63, 3.8) is 0 Å². The van der Waals surface area contributed by atoms with Crippen molar-refractivity contribution >= 4 is 5.91 Å². The molecule has 1 fully saturated rings. The largest absolute Gasteiger partial charge is 0.343 e. The molecule has 0 bridgehead atoms. The molecule has 0 aromatic heterocycles. The summed E-state index contributed by atoms with van der Waals surface area (Å²) < 4.78 is 0. The Balaban J connectivity index is 2.42. The van der Waals surface area contributed by atoms with Crippen molar-refractivity contribution in [3.8, 4) is 0 Å². The molecule has 1 aliphatic heterocycles. The molecule has 4 heteroatoms. The first kappa shape index (κ1) is 17.4. The molecule has 1 amide bonds. The molecule has 0 radical (unpaired) electrons. The van der Waals surface area contributed by atoms with E-state index < -0.39 is 0 Å². The van der Waals surface area contributed by atoms with E-state index in [9.17, 15) is 4.79 Å². The number of carbonyl (C=O) groups excluding carboxylic acids is 1. The summed E-state index contributed by atoms with van der Waals surface area (Å²) in [6, 6.07) is 0.327. The van der Waals surface area contributed by atoms with E-state index >= 15 is 0 Å². The number of piperidine rings is 1. The zero-order valence-corrected chi connectivity index (χ0v) is 13.8. The van der Waals surface area contributed by atoms with Crippen LogP contribution in [0, 0.1) is 5.92 Å². The highest BCUT2D eigenvalue weighted by atomic mass is 16.2. The summed E-state index contributed by atoms with van der Waals surface area (Å²) >= 11 is 0. The predicted octanol–water partition coefficient (Wildman–Crippen LogP) is 1.95. The zero-order chi connectivity index (χ0) is 15.0. The molecule has 0 aliphatic carbocycles. The van der Waals surface area contributed by atoms with Crippen LogP contribution in [0.15, 0.2) is 0 Å². The van der Waals surface area contributed by atoms with Gasteiger partial charge in [0.25, 0.3) is 0 Å². The first-order valence-electron chi connectivity index (χ1n) is 8.38. The minimum absolute atomic E-state index is 0.178. The van der Waals surface area contributed by atoms with E-state index in [2.05, 4.69) is 42.8 Å². The van der Waals surface area contributed by atoms with Crippen LogP contribution in [0.4, 0.5) is 0 Å². The molecular formula is C16H33N3O. The number of amides is 1. The summed E-state index contributed by atoms with van der Waals surface area (Å²) in [6.07, 6.45) is 3.24. The average Bonchev–Trinajstić information content (AvgIpc) is 2.47. The Labute approximate surface area is 124 Å². The van der Waals surface area contributed by atoms with Crippen molar-refractivity contribution in [1.82, 2.24) is 15.1 Å². The van der Waals surface area contributed by atoms with E-state index in [-0.39, 0.29) is 5.92 Å². The van der Waals surface area contributed by atoms with Gasteiger partial charge in [-0.3, -0.25) is 4.79 Å². The fourth-order valence-electron chi connectivity index (χ4n) is 3.06. The molecule has 1 N–H and O–H groups in total. The van der Waals surface area contributed by atoms with Gasteiger partial charge in [0.1, 0.15) is 0 Å². The number of hydrogen-bond acceptors (Lipinski definition) is 3. The minimum Gasteiger partial charge on any atom is -0.343 e. The van der Waals surface area contributed by atoms with Crippen molar-refractivity contribution in [2.45, 2.75) is 53.0 Å². The normalized spacial score (nSPS) is 23.1. The van der Waals surface area contributed by atoms with Gasteiger partial charge in [-0.15, -0.1) is 0 Å². The molecule has 0 saturated carbocycles. The van der Waals surface area contributed by atoms with Crippen LogP contribution >= 0.6 is 0 Å². The van der Waals surface area contributed by atoms with Crippen LogP contribution in [-0.4, -0.2) is 61.0 Å². The molecule has 4 nitrogen and oxygen atoms in total. The second kappa shape index (κ2) is 9.35. The molecule has 1 rings (SSSR count). The maximum atomic E-state index is 12.6. The van der Waals surface area contributed by atoms with Gasteiger partial charge in [-0.1, -0.05) is 13.8 Å². The smallest absolute Gasteiger partial charge is 0.227 e. The highest BCUT2D eigenvalue weighted by Crippen LogP contribution is 2.19. The third kappa shape index (κ3) is 5.06. The van der Waals surface area contributed by atoms with Gasteiger partial charge in [-0.2, -0.15) is 0 Å². The van der Waals surface area contributed by atoms with Gasteiger partial charge in [0.15, 0.2) is 0 Å². The molecule has 1 aliphatic rings. The highest BCUT2D eigenvalue weighted by molar-refractivity contribution is 5.79. The second-order valence-electron chi connectivity index (χ2n) is 5.79. The number of rotatable bonds is 8. The average molecular weight is 283 g/mol. The fraction of sp³-hybridized carbons (Fsp3) is 0.938. The Hall–Kier alpha value is -0.610. The topological polar surface area (TPSA) is 35.6 Å².